The highest BCUT2D eigenvalue weighted by Gasteiger charge is 2.40. The number of rotatable bonds is 6. The van der Waals surface area contributed by atoms with E-state index >= 15 is 0 Å². The van der Waals surface area contributed by atoms with Crippen LogP contribution in [0.2, 0.25) is 0 Å². The van der Waals surface area contributed by atoms with Gasteiger partial charge in [0.1, 0.15) is 5.82 Å². The van der Waals surface area contributed by atoms with Gasteiger partial charge in [-0.1, -0.05) is 25.1 Å². The highest BCUT2D eigenvalue weighted by Crippen LogP contribution is 2.28. The van der Waals surface area contributed by atoms with Gasteiger partial charge >= 0.3 is 5.97 Å². The second-order valence-electron chi connectivity index (χ2n) is 8.14. The van der Waals surface area contributed by atoms with Gasteiger partial charge in [-0.2, -0.15) is 0 Å². The van der Waals surface area contributed by atoms with Crippen LogP contribution in [0, 0.1) is 11.7 Å². The Kier molecular flexibility index (Phi) is 6.18. The summed E-state index contributed by atoms with van der Waals surface area (Å²) in [5, 5.41) is 0. The minimum absolute atomic E-state index is 0.122. The SMILES string of the molecule is CC(CC[C@@H]1OC(C)(C)OC1=O)CC(=O)N1CC=C(c2ccc(F)cc2)CC1. The van der Waals surface area contributed by atoms with Crippen molar-refractivity contribution in [3.63, 3.8) is 0 Å². The first-order valence-electron chi connectivity index (χ1n) is 9.87. The topological polar surface area (TPSA) is 55.8 Å². The Morgan fingerprint density at radius 1 is 1.32 bits per heavy atom. The van der Waals surface area contributed by atoms with Crippen LogP contribution in [-0.2, 0) is 19.1 Å². The van der Waals surface area contributed by atoms with Crippen molar-refractivity contribution in [2.75, 3.05) is 13.1 Å². The van der Waals surface area contributed by atoms with Gasteiger partial charge in [-0.05, 0) is 48.4 Å². The number of carbonyl (C=O) groups excluding carboxylic acids is 2. The zero-order valence-electron chi connectivity index (χ0n) is 16.7. The van der Waals surface area contributed by atoms with E-state index in [1.807, 2.05) is 17.9 Å². The summed E-state index contributed by atoms with van der Waals surface area (Å²) in [6.45, 7) is 6.71. The van der Waals surface area contributed by atoms with Gasteiger partial charge in [-0.25, -0.2) is 9.18 Å². The molecule has 0 aliphatic carbocycles. The summed E-state index contributed by atoms with van der Waals surface area (Å²) in [5.74, 6) is -1.14. The molecule has 0 spiro atoms. The van der Waals surface area contributed by atoms with Gasteiger partial charge < -0.3 is 14.4 Å². The normalized spacial score (nSPS) is 22.6. The molecule has 1 aromatic rings. The van der Waals surface area contributed by atoms with Gasteiger partial charge in [-0.3, -0.25) is 4.79 Å². The first-order valence-corrected chi connectivity index (χ1v) is 9.87. The van der Waals surface area contributed by atoms with Crippen LogP contribution in [0.15, 0.2) is 30.3 Å². The Morgan fingerprint density at radius 3 is 2.61 bits per heavy atom. The molecule has 0 saturated carbocycles. The molecule has 1 saturated heterocycles. The third kappa shape index (κ3) is 5.19. The number of esters is 1. The van der Waals surface area contributed by atoms with Crippen LogP contribution in [-0.4, -0.2) is 41.8 Å². The van der Waals surface area contributed by atoms with Gasteiger partial charge in [0.15, 0.2) is 6.10 Å². The van der Waals surface area contributed by atoms with E-state index in [-0.39, 0.29) is 23.6 Å². The lowest BCUT2D eigenvalue weighted by molar-refractivity contribution is -0.161. The molecule has 0 aromatic heterocycles. The first kappa shape index (κ1) is 20.5. The molecule has 0 N–H and O–H groups in total. The number of hydrogen-bond acceptors (Lipinski definition) is 4. The zero-order chi connectivity index (χ0) is 20.3. The lowest BCUT2D eigenvalue weighted by Gasteiger charge is -2.28. The van der Waals surface area contributed by atoms with Crippen molar-refractivity contribution in [3.8, 4) is 0 Å². The summed E-state index contributed by atoms with van der Waals surface area (Å²) < 4.78 is 23.8. The molecular formula is C22H28FNO4. The van der Waals surface area contributed by atoms with Crippen molar-refractivity contribution in [3.05, 3.63) is 41.7 Å². The molecule has 1 amide bonds. The van der Waals surface area contributed by atoms with Crippen LogP contribution < -0.4 is 0 Å². The van der Waals surface area contributed by atoms with E-state index in [2.05, 4.69) is 0 Å². The number of amides is 1. The summed E-state index contributed by atoms with van der Waals surface area (Å²) >= 11 is 0. The van der Waals surface area contributed by atoms with Gasteiger partial charge in [0.2, 0.25) is 11.7 Å². The Bertz CT molecular complexity index is 756. The molecule has 0 radical (unpaired) electrons. The van der Waals surface area contributed by atoms with Crippen molar-refractivity contribution in [2.45, 2.75) is 58.3 Å². The van der Waals surface area contributed by atoms with Crippen LogP contribution in [0.3, 0.4) is 0 Å². The van der Waals surface area contributed by atoms with E-state index in [0.29, 0.717) is 25.9 Å². The lowest BCUT2D eigenvalue weighted by atomic mass is 9.97. The maximum absolute atomic E-state index is 13.1. The average molecular weight is 389 g/mol. The maximum Gasteiger partial charge on any atom is 0.337 e. The standard InChI is InChI=1S/C22H28FNO4/c1-15(4-9-19-21(26)28-22(2,3)27-19)14-20(25)24-12-10-17(11-13-24)16-5-7-18(23)8-6-16/h5-8,10,15,19H,4,9,11-14H2,1-3H3/t15?,19-/m0/s1. The summed E-state index contributed by atoms with van der Waals surface area (Å²) in [6.07, 6.45) is 4.01. The molecule has 5 nitrogen and oxygen atoms in total. The number of cyclic esters (lactones) is 1. The van der Waals surface area contributed by atoms with Crippen molar-refractivity contribution in [2.24, 2.45) is 5.92 Å². The Morgan fingerprint density at radius 2 is 2.04 bits per heavy atom. The molecular weight excluding hydrogens is 361 g/mol. The minimum Gasteiger partial charge on any atom is -0.432 e. The highest BCUT2D eigenvalue weighted by molar-refractivity contribution is 5.78. The number of ether oxygens (including phenoxy) is 2. The van der Waals surface area contributed by atoms with Gasteiger partial charge in [0.25, 0.3) is 0 Å². The summed E-state index contributed by atoms with van der Waals surface area (Å²) in [7, 11) is 0. The van der Waals surface area contributed by atoms with Gasteiger partial charge in [0.05, 0.1) is 0 Å². The van der Waals surface area contributed by atoms with Gasteiger partial charge in [-0.15, -0.1) is 0 Å². The van der Waals surface area contributed by atoms with Gasteiger partial charge in [0, 0.05) is 33.4 Å². The van der Waals surface area contributed by atoms with E-state index in [0.717, 1.165) is 24.0 Å². The maximum atomic E-state index is 13.1. The largest absolute Gasteiger partial charge is 0.432 e. The van der Waals surface area contributed by atoms with Crippen LogP contribution in [0.1, 0.15) is 52.0 Å². The monoisotopic (exact) mass is 389 g/mol. The molecule has 28 heavy (non-hydrogen) atoms. The second-order valence-corrected chi connectivity index (χ2v) is 8.14. The number of carbonyl (C=O) groups is 2. The average Bonchev–Trinajstić information content (AvgIpc) is 2.92. The number of halogens is 1. The number of hydrogen-bond donors (Lipinski definition) is 0. The van der Waals surface area contributed by atoms with E-state index in [4.69, 9.17) is 9.47 Å². The highest BCUT2D eigenvalue weighted by atomic mass is 19.1. The van der Waals surface area contributed by atoms with Crippen LogP contribution in [0.4, 0.5) is 4.39 Å². The Hall–Kier alpha value is -2.21. The van der Waals surface area contributed by atoms with Crippen molar-refractivity contribution >= 4 is 17.4 Å². The van der Waals surface area contributed by atoms with E-state index < -0.39 is 11.9 Å². The molecule has 1 unspecified atom stereocenters. The molecule has 0 bridgehead atoms. The summed E-state index contributed by atoms with van der Waals surface area (Å²) in [4.78, 5) is 26.2. The molecule has 2 heterocycles. The van der Waals surface area contributed by atoms with Crippen LogP contribution in [0.25, 0.3) is 5.57 Å². The van der Waals surface area contributed by atoms with E-state index in [9.17, 15) is 14.0 Å². The third-order valence-corrected chi connectivity index (χ3v) is 5.26. The smallest absolute Gasteiger partial charge is 0.337 e. The molecule has 2 aliphatic heterocycles. The third-order valence-electron chi connectivity index (χ3n) is 5.26. The summed E-state index contributed by atoms with van der Waals surface area (Å²) in [6, 6.07) is 6.47. The Labute approximate surface area is 165 Å². The van der Waals surface area contributed by atoms with Crippen molar-refractivity contribution in [1.29, 1.82) is 0 Å². The minimum atomic E-state index is -0.858. The van der Waals surface area contributed by atoms with Crippen LogP contribution in [0.5, 0.6) is 0 Å². The fourth-order valence-corrected chi connectivity index (χ4v) is 3.69. The zero-order valence-corrected chi connectivity index (χ0v) is 16.7. The number of benzene rings is 1. The fraction of sp³-hybridized carbons (Fsp3) is 0.545. The molecule has 152 valence electrons. The lowest BCUT2D eigenvalue weighted by Crippen LogP contribution is -2.35. The Balaban J connectivity index is 1.45. The molecule has 1 fully saturated rings. The van der Waals surface area contributed by atoms with E-state index in [1.165, 1.54) is 12.1 Å². The molecule has 6 heteroatoms. The molecule has 2 aliphatic rings. The van der Waals surface area contributed by atoms with E-state index in [1.54, 1.807) is 26.0 Å². The number of nitrogens with zero attached hydrogens (tertiary/aromatic N) is 1. The molecule has 3 rings (SSSR count). The predicted octanol–water partition coefficient (Wildman–Crippen LogP) is 3.93. The molecule has 2 atom stereocenters. The van der Waals surface area contributed by atoms with Crippen molar-refractivity contribution in [1.82, 2.24) is 4.90 Å². The first-order chi connectivity index (χ1) is 13.2. The molecule has 1 aromatic carbocycles. The predicted molar refractivity (Wildman–Crippen MR) is 104 cm³/mol. The summed E-state index contributed by atoms with van der Waals surface area (Å²) in [5.41, 5.74) is 2.16. The quantitative estimate of drug-likeness (QED) is 0.692. The fourth-order valence-electron chi connectivity index (χ4n) is 3.69. The van der Waals surface area contributed by atoms with Crippen LogP contribution >= 0.6 is 0 Å². The second kappa shape index (κ2) is 8.43. The van der Waals surface area contributed by atoms with Crippen molar-refractivity contribution < 1.29 is 23.5 Å².